The first kappa shape index (κ1) is 15.5. The van der Waals surface area contributed by atoms with E-state index in [0.717, 1.165) is 17.7 Å². The van der Waals surface area contributed by atoms with Crippen molar-refractivity contribution >= 4 is 27.5 Å². The highest BCUT2D eigenvalue weighted by molar-refractivity contribution is 9.10. The molecule has 0 saturated carbocycles. The maximum atomic E-state index is 12.4. The first-order valence-electron chi connectivity index (χ1n) is 5.89. The second kappa shape index (κ2) is 5.85. The third kappa shape index (κ3) is 3.60. The van der Waals surface area contributed by atoms with E-state index in [1.54, 1.807) is 12.1 Å². The van der Waals surface area contributed by atoms with Crippen molar-refractivity contribution in [3.8, 4) is 0 Å². The summed E-state index contributed by atoms with van der Waals surface area (Å²) in [7, 11) is 0. The molecule has 1 N–H and O–H groups in total. The Balaban J connectivity index is 2.19. The van der Waals surface area contributed by atoms with Gasteiger partial charge in [-0.1, -0.05) is 12.1 Å². The Labute approximate surface area is 127 Å². The molecule has 1 aromatic heterocycles. The van der Waals surface area contributed by atoms with Gasteiger partial charge in [-0.2, -0.15) is 13.2 Å². The van der Waals surface area contributed by atoms with Gasteiger partial charge >= 0.3 is 6.18 Å². The summed E-state index contributed by atoms with van der Waals surface area (Å²) >= 11 is 3.34. The lowest BCUT2D eigenvalue weighted by molar-refractivity contribution is -0.137. The van der Waals surface area contributed by atoms with Gasteiger partial charge in [-0.15, -0.1) is 0 Å². The average molecular weight is 359 g/mol. The van der Waals surface area contributed by atoms with Crippen LogP contribution in [0.2, 0.25) is 0 Å². The second-order valence-corrected chi connectivity index (χ2v) is 5.11. The molecule has 21 heavy (non-hydrogen) atoms. The van der Waals surface area contributed by atoms with Crippen molar-refractivity contribution in [2.75, 3.05) is 5.32 Å². The van der Waals surface area contributed by atoms with Crippen molar-refractivity contribution < 1.29 is 18.0 Å². The standard InChI is InChI=1S/C14H10BrF3N2O/c1-8-3-2-4-10(12(8)15)20-13(21)11-6-5-9(7-19-11)14(16,17)18/h2-7H,1H3,(H,20,21). The van der Waals surface area contributed by atoms with Crippen molar-refractivity contribution in [1.82, 2.24) is 4.98 Å². The number of halogens is 4. The van der Waals surface area contributed by atoms with E-state index in [9.17, 15) is 18.0 Å². The van der Waals surface area contributed by atoms with E-state index in [0.29, 0.717) is 16.4 Å². The predicted octanol–water partition coefficient (Wildman–Crippen LogP) is 4.42. The molecule has 1 heterocycles. The van der Waals surface area contributed by atoms with Gasteiger partial charge in [-0.25, -0.2) is 0 Å². The van der Waals surface area contributed by atoms with Crippen LogP contribution in [0.1, 0.15) is 21.6 Å². The normalized spacial score (nSPS) is 11.3. The maximum absolute atomic E-state index is 12.4. The second-order valence-electron chi connectivity index (χ2n) is 4.32. The van der Waals surface area contributed by atoms with Crippen molar-refractivity contribution in [1.29, 1.82) is 0 Å². The zero-order valence-corrected chi connectivity index (χ0v) is 12.4. The molecule has 0 fully saturated rings. The van der Waals surface area contributed by atoms with Crippen LogP contribution in [0.4, 0.5) is 18.9 Å². The molecule has 1 aromatic carbocycles. The molecule has 0 aliphatic rings. The molecule has 0 atom stereocenters. The van der Waals surface area contributed by atoms with Gasteiger partial charge in [-0.05, 0) is 46.6 Å². The van der Waals surface area contributed by atoms with Gasteiger partial charge in [0.15, 0.2) is 0 Å². The van der Waals surface area contributed by atoms with Crippen molar-refractivity contribution in [2.24, 2.45) is 0 Å². The minimum Gasteiger partial charge on any atom is -0.320 e. The predicted molar refractivity (Wildman–Crippen MR) is 76.1 cm³/mol. The number of rotatable bonds is 2. The van der Waals surface area contributed by atoms with Crippen molar-refractivity contribution in [3.05, 3.63) is 57.8 Å². The highest BCUT2D eigenvalue weighted by Crippen LogP contribution is 2.29. The topological polar surface area (TPSA) is 42.0 Å². The van der Waals surface area contributed by atoms with E-state index in [1.165, 1.54) is 0 Å². The Kier molecular flexibility index (Phi) is 4.32. The van der Waals surface area contributed by atoms with Crippen LogP contribution in [-0.4, -0.2) is 10.9 Å². The minimum absolute atomic E-state index is 0.0867. The highest BCUT2D eigenvalue weighted by Gasteiger charge is 2.30. The quantitative estimate of drug-likeness (QED) is 0.862. The van der Waals surface area contributed by atoms with Crippen LogP contribution < -0.4 is 5.32 Å². The number of hydrogen-bond donors (Lipinski definition) is 1. The number of aryl methyl sites for hydroxylation is 1. The number of amides is 1. The Hall–Kier alpha value is -1.89. The summed E-state index contributed by atoms with van der Waals surface area (Å²) < 4.78 is 38.0. The first-order valence-corrected chi connectivity index (χ1v) is 6.68. The fourth-order valence-corrected chi connectivity index (χ4v) is 1.99. The molecule has 0 unspecified atom stereocenters. The molecule has 0 spiro atoms. The number of carbonyl (C=O) groups excluding carboxylic acids is 1. The summed E-state index contributed by atoms with van der Waals surface area (Å²) in [5.74, 6) is -0.574. The number of pyridine rings is 1. The molecule has 3 nitrogen and oxygen atoms in total. The first-order chi connectivity index (χ1) is 9.79. The molecule has 0 aliphatic heterocycles. The van der Waals surface area contributed by atoms with Gasteiger partial charge in [0, 0.05) is 10.7 Å². The number of nitrogens with one attached hydrogen (secondary N) is 1. The van der Waals surface area contributed by atoms with Crippen LogP contribution in [-0.2, 0) is 6.18 Å². The minimum atomic E-state index is -4.47. The third-order valence-corrected chi connectivity index (χ3v) is 3.82. The molecule has 110 valence electrons. The van der Waals surface area contributed by atoms with Gasteiger partial charge in [0.05, 0.1) is 11.3 Å². The van der Waals surface area contributed by atoms with Gasteiger partial charge in [-0.3, -0.25) is 9.78 Å². The molecular weight excluding hydrogens is 349 g/mol. The number of aromatic nitrogens is 1. The van der Waals surface area contributed by atoms with Crippen LogP contribution in [0.15, 0.2) is 41.0 Å². The van der Waals surface area contributed by atoms with Crippen molar-refractivity contribution in [2.45, 2.75) is 13.1 Å². The summed E-state index contributed by atoms with van der Waals surface area (Å²) in [4.78, 5) is 15.5. The summed E-state index contributed by atoms with van der Waals surface area (Å²) in [5.41, 5.74) is 0.474. The molecule has 0 bridgehead atoms. The van der Waals surface area contributed by atoms with E-state index in [-0.39, 0.29) is 5.69 Å². The van der Waals surface area contributed by atoms with E-state index < -0.39 is 17.6 Å². The zero-order chi connectivity index (χ0) is 15.6. The fraction of sp³-hybridized carbons (Fsp3) is 0.143. The van der Waals surface area contributed by atoms with Gasteiger partial charge in [0.1, 0.15) is 5.69 Å². The van der Waals surface area contributed by atoms with E-state index in [1.807, 2.05) is 13.0 Å². The van der Waals surface area contributed by atoms with E-state index in [2.05, 4.69) is 26.2 Å². The van der Waals surface area contributed by atoms with E-state index in [4.69, 9.17) is 0 Å². The monoisotopic (exact) mass is 358 g/mol. The van der Waals surface area contributed by atoms with Crippen LogP contribution in [0.3, 0.4) is 0 Å². The lowest BCUT2D eigenvalue weighted by Crippen LogP contribution is -2.15. The third-order valence-electron chi connectivity index (χ3n) is 2.76. The van der Waals surface area contributed by atoms with Gasteiger partial charge in [0.25, 0.3) is 5.91 Å². The summed E-state index contributed by atoms with van der Waals surface area (Å²) in [6.07, 6.45) is -3.83. The number of carbonyl (C=O) groups is 1. The molecule has 1 amide bonds. The Morgan fingerprint density at radius 1 is 1.24 bits per heavy atom. The van der Waals surface area contributed by atoms with Crippen LogP contribution >= 0.6 is 15.9 Å². The average Bonchev–Trinajstić information content (AvgIpc) is 2.43. The molecular formula is C14H10BrF3N2O. The number of hydrogen-bond acceptors (Lipinski definition) is 2. The van der Waals surface area contributed by atoms with Crippen LogP contribution in [0.5, 0.6) is 0 Å². The van der Waals surface area contributed by atoms with Crippen molar-refractivity contribution in [3.63, 3.8) is 0 Å². The molecule has 2 aromatic rings. The lowest BCUT2D eigenvalue weighted by atomic mass is 10.2. The molecule has 2 rings (SSSR count). The number of nitrogens with zero attached hydrogens (tertiary/aromatic N) is 1. The summed E-state index contributed by atoms with van der Waals surface area (Å²) in [6, 6.07) is 7.17. The number of benzene rings is 1. The molecule has 0 saturated heterocycles. The van der Waals surface area contributed by atoms with Crippen LogP contribution in [0.25, 0.3) is 0 Å². The van der Waals surface area contributed by atoms with E-state index >= 15 is 0 Å². The molecule has 0 aliphatic carbocycles. The Morgan fingerprint density at radius 3 is 2.52 bits per heavy atom. The summed E-state index contributed by atoms with van der Waals surface area (Å²) in [6.45, 7) is 1.86. The summed E-state index contributed by atoms with van der Waals surface area (Å²) in [5, 5.41) is 2.60. The number of anilines is 1. The molecule has 7 heteroatoms. The smallest absolute Gasteiger partial charge is 0.320 e. The number of alkyl halides is 3. The zero-order valence-electron chi connectivity index (χ0n) is 10.8. The highest BCUT2D eigenvalue weighted by atomic mass is 79.9. The fourth-order valence-electron chi connectivity index (χ4n) is 1.63. The van der Waals surface area contributed by atoms with Crippen LogP contribution in [0, 0.1) is 6.92 Å². The Morgan fingerprint density at radius 2 is 1.95 bits per heavy atom. The largest absolute Gasteiger partial charge is 0.417 e. The maximum Gasteiger partial charge on any atom is 0.417 e. The SMILES string of the molecule is Cc1cccc(NC(=O)c2ccc(C(F)(F)F)cn2)c1Br. The lowest BCUT2D eigenvalue weighted by Gasteiger charge is -2.10. The Bertz CT molecular complexity index is 669. The molecule has 0 radical (unpaired) electrons. The van der Waals surface area contributed by atoms with Gasteiger partial charge < -0.3 is 5.32 Å². The van der Waals surface area contributed by atoms with Gasteiger partial charge in [0.2, 0.25) is 0 Å².